The summed E-state index contributed by atoms with van der Waals surface area (Å²) in [5, 5.41) is 3.40. The predicted octanol–water partition coefficient (Wildman–Crippen LogP) is 4.15. The molecule has 0 saturated heterocycles. The van der Waals surface area contributed by atoms with E-state index in [4.69, 9.17) is 16.3 Å². The van der Waals surface area contributed by atoms with Crippen molar-refractivity contribution in [3.63, 3.8) is 0 Å². The summed E-state index contributed by atoms with van der Waals surface area (Å²) in [5.41, 5.74) is 1.24. The molecule has 198 valence electrons. The van der Waals surface area contributed by atoms with Gasteiger partial charge in [-0.25, -0.2) is 8.42 Å². The lowest BCUT2D eigenvalue weighted by Gasteiger charge is -2.34. The van der Waals surface area contributed by atoms with Gasteiger partial charge in [-0.05, 0) is 75.6 Å². The van der Waals surface area contributed by atoms with E-state index < -0.39 is 34.1 Å². The topological polar surface area (TPSA) is 96.0 Å². The third-order valence-electron chi connectivity index (χ3n) is 5.50. The second-order valence-corrected chi connectivity index (χ2v) is 12.1. The smallest absolute Gasteiger partial charge is 0.244 e. The van der Waals surface area contributed by atoms with Gasteiger partial charge < -0.3 is 15.0 Å². The molecule has 1 atom stereocenters. The van der Waals surface area contributed by atoms with Gasteiger partial charge in [0.2, 0.25) is 21.8 Å². The zero-order chi connectivity index (χ0) is 27.3. The van der Waals surface area contributed by atoms with E-state index in [0.29, 0.717) is 28.4 Å². The number of anilines is 1. The Balaban J connectivity index is 2.48. The van der Waals surface area contributed by atoms with Gasteiger partial charge in [0.25, 0.3) is 0 Å². The second-order valence-electron chi connectivity index (χ2n) is 9.73. The molecule has 0 aliphatic heterocycles. The van der Waals surface area contributed by atoms with Crippen molar-refractivity contribution in [3.05, 3.63) is 58.6 Å². The van der Waals surface area contributed by atoms with Crippen LogP contribution >= 0.6 is 11.6 Å². The summed E-state index contributed by atoms with van der Waals surface area (Å²) in [4.78, 5) is 28.4. The van der Waals surface area contributed by atoms with Gasteiger partial charge in [0.1, 0.15) is 18.3 Å². The van der Waals surface area contributed by atoms with Gasteiger partial charge in [0.15, 0.2) is 0 Å². The molecule has 0 spiro atoms. The molecule has 0 aromatic heterocycles. The van der Waals surface area contributed by atoms with Crippen molar-refractivity contribution in [3.8, 4) is 5.75 Å². The number of hydrogen-bond donors (Lipinski definition) is 1. The van der Waals surface area contributed by atoms with Crippen molar-refractivity contribution in [2.24, 2.45) is 0 Å². The van der Waals surface area contributed by atoms with Crippen LogP contribution in [0, 0.1) is 6.92 Å². The molecule has 2 amide bonds. The molecule has 0 heterocycles. The van der Waals surface area contributed by atoms with Crippen LogP contribution in [-0.4, -0.2) is 56.6 Å². The number of carbonyl (C=O) groups excluding carboxylic acids is 2. The summed E-state index contributed by atoms with van der Waals surface area (Å²) in [5.74, 6) is -0.141. The molecular formula is C26H36ClN3O5S. The van der Waals surface area contributed by atoms with Crippen molar-refractivity contribution < 1.29 is 22.7 Å². The molecule has 0 aliphatic rings. The number of rotatable bonds is 10. The third kappa shape index (κ3) is 8.13. The fraction of sp³-hybridized carbons (Fsp3) is 0.462. The van der Waals surface area contributed by atoms with Crippen molar-refractivity contribution in [1.29, 1.82) is 0 Å². The number of hydrogen-bond acceptors (Lipinski definition) is 5. The van der Waals surface area contributed by atoms with E-state index in [-0.39, 0.29) is 12.5 Å². The number of amides is 2. The van der Waals surface area contributed by atoms with Gasteiger partial charge in [-0.3, -0.25) is 13.9 Å². The molecule has 0 radical (unpaired) electrons. The van der Waals surface area contributed by atoms with Gasteiger partial charge in [-0.1, -0.05) is 30.7 Å². The van der Waals surface area contributed by atoms with Gasteiger partial charge in [-0.2, -0.15) is 0 Å². The van der Waals surface area contributed by atoms with Crippen molar-refractivity contribution >= 4 is 39.1 Å². The number of benzene rings is 2. The minimum absolute atomic E-state index is 0.121. The summed E-state index contributed by atoms with van der Waals surface area (Å²) >= 11 is 6.06. The fourth-order valence-electron chi connectivity index (χ4n) is 3.79. The molecule has 1 N–H and O–H groups in total. The van der Waals surface area contributed by atoms with E-state index in [1.54, 1.807) is 44.4 Å². The minimum atomic E-state index is -3.82. The van der Waals surface area contributed by atoms with Crippen LogP contribution in [0.4, 0.5) is 5.69 Å². The van der Waals surface area contributed by atoms with E-state index >= 15 is 0 Å². The number of nitrogens with one attached hydrogen (secondary N) is 1. The molecular weight excluding hydrogens is 502 g/mol. The Hall–Kier alpha value is -2.78. The third-order valence-corrected chi connectivity index (χ3v) is 6.86. The maximum atomic E-state index is 13.7. The Morgan fingerprint density at radius 2 is 1.72 bits per heavy atom. The zero-order valence-corrected chi connectivity index (χ0v) is 23.5. The average molecular weight is 538 g/mol. The Morgan fingerprint density at radius 3 is 2.19 bits per heavy atom. The van der Waals surface area contributed by atoms with E-state index in [2.05, 4.69) is 5.32 Å². The van der Waals surface area contributed by atoms with E-state index in [9.17, 15) is 18.0 Å². The van der Waals surface area contributed by atoms with Crippen LogP contribution in [0.1, 0.15) is 45.2 Å². The van der Waals surface area contributed by atoms with Gasteiger partial charge in [0.05, 0.1) is 19.1 Å². The molecule has 0 saturated carbocycles. The Labute approximate surface area is 219 Å². The SMILES string of the molecule is CCC(C(=O)NC(C)(C)C)N(Cc1ccc(OC)cc1)C(=O)CN(c1ccc(Cl)cc1C)S(C)(=O)=O. The maximum absolute atomic E-state index is 13.7. The van der Waals surface area contributed by atoms with Crippen LogP contribution in [0.25, 0.3) is 0 Å². The van der Waals surface area contributed by atoms with E-state index in [1.807, 2.05) is 39.8 Å². The molecule has 0 bridgehead atoms. The summed E-state index contributed by atoms with van der Waals surface area (Å²) < 4.78 is 31.8. The normalized spacial score (nSPS) is 12.6. The van der Waals surface area contributed by atoms with Crippen LogP contribution in [-0.2, 0) is 26.2 Å². The Bertz CT molecular complexity index is 1180. The molecule has 36 heavy (non-hydrogen) atoms. The highest BCUT2D eigenvalue weighted by Crippen LogP contribution is 2.26. The first kappa shape index (κ1) is 29.5. The molecule has 10 heteroatoms. The minimum Gasteiger partial charge on any atom is -0.497 e. The number of ether oxygens (including phenoxy) is 1. The van der Waals surface area contributed by atoms with Gasteiger partial charge >= 0.3 is 0 Å². The first-order chi connectivity index (χ1) is 16.7. The number of aryl methyl sites for hydroxylation is 1. The predicted molar refractivity (Wildman–Crippen MR) is 144 cm³/mol. The standard InChI is InChI=1S/C26H36ClN3O5S/c1-8-22(25(32)28-26(3,4)5)29(16-19-9-12-21(35-6)13-10-19)24(31)17-30(36(7,33)34)23-14-11-20(27)15-18(23)2/h9-15,22H,8,16-17H2,1-7H3,(H,28,32). The first-order valence-corrected chi connectivity index (χ1v) is 13.9. The van der Waals surface area contributed by atoms with Crippen LogP contribution in [0.15, 0.2) is 42.5 Å². The van der Waals surface area contributed by atoms with Crippen LogP contribution < -0.4 is 14.4 Å². The Kier molecular flexibility index (Phi) is 9.79. The maximum Gasteiger partial charge on any atom is 0.244 e. The average Bonchev–Trinajstić information content (AvgIpc) is 2.76. The number of halogens is 1. The van der Waals surface area contributed by atoms with E-state index in [1.165, 1.54) is 4.90 Å². The molecule has 1 unspecified atom stereocenters. The summed E-state index contributed by atoms with van der Waals surface area (Å²) in [6.07, 6.45) is 1.40. The van der Waals surface area contributed by atoms with Crippen LogP contribution in [0.2, 0.25) is 5.02 Å². The van der Waals surface area contributed by atoms with Crippen molar-refractivity contribution in [2.45, 2.75) is 59.2 Å². The van der Waals surface area contributed by atoms with Crippen LogP contribution in [0.5, 0.6) is 5.75 Å². The monoisotopic (exact) mass is 537 g/mol. The molecule has 0 fully saturated rings. The molecule has 2 rings (SSSR count). The molecule has 8 nitrogen and oxygen atoms in total. The second kappa shape index (κ2) is 12.0. The molecule has 0 aliphatic carbocycles. The van der Waals surface area contributed by atoms with Gasteiger partial charge in [0, 0.05) is 17.1 Å². The number of nitrogens with zero attached hydrogens (tertiary/aromatic N) is 2. The Morgan fingerprint density at radius 1 is 1.11 bits per heavy atom. The molecule has 2 aromatic carbocycles. The highest BCUT2D eigenvalue weighted by atomic mass is 35.5. The van der Waals surface area contributed by atoms with Crippen molar-refractivity contribution in [1.82, 2.24) is 10.2 Å². The number of sulfonamides is 1. The quantitative estimate of drug-likeness (QED) is 0.491. The number of methoxy groups -OCH3 is 1. The van der Waals surface area contributed by atoms with Gasteiger partial charge in [-0.15, -0.1) is 0 Å². The lowest BCUT2D eigenvalue weighted by atomic mass is 10.1. The summed E-state index contributed by atoms with van der Waals surface area (Å²) in [6.45, 7) is 8.79. The summed E-state index contributed by atoms with van der Waals surface area (Å²) in [6, 6.07) is 11.2. The fourth-order valence-corrected chi connectivity index (χ4v) is 4.93. The lowest BCUT2D eigenvalue weighted by Crippen LogP contribution is -2.55. The largest absolute Gasteiger partial charge is 0.497 e. The highest BCUT2D eigenvalue weighted by Gasteiger charge is 2.33. The van der Waals surface area contributed by atoms with Crippen LogP contribution in [0.3, 0.4) is 0 Å². The molecule has 2 aromatic rings. The first-order valence-electron chi connectivity index (χ1n) is 11.6. The highest BCUT2D eigenvalue weighted by molar-refractivity contribution is 7.92. The van der Waals surface area contributed by atoms with Crippen molar-refractivity contribution in [2.75, 3.05) is 24.2 Å². The van der Waals surface area contributed by atoms with E-state index in [0.717, 1.165) is 16.1 Å². The number of carbonyl (C=O) groups is 2. The lowest BCUT2D eigenvalue weighted by molar-refractivity contribution is -0.141. The summed E-state index contributed by atoms with van der Waals surface area (Å²) in [7, 11) is -2.26. The zero-order valence-electron chi connectivity index (χ0n) is 22.0.